The first-order chi connectivity index (χ1) is 12.8. The minimum absolute atomic E-state index is 0.0628. The van der Waals surface area contributed by atoms with Crippen LogP contribution in [0, 0.1) is 6.92 Å². The van der Waals surface area contributed by atoms with Crippen LogP contribution in [0.5, 0.6) is 0 Å². The molecule has 7 heteroatoms. The van der Waals surface area contributed by atoms with E-state index >= 15 is 0 Å². The van der Waals surface area contributed by atoms with E-state index in [0.717, 1.165) is 11.1 Å². The van der Waals surface area contributed by atoms with Crippen LogP contribution in [0.25, 0.3) is 0 Å². The zero-order valence-electron chi connectivity index (χ0n) is 15.5. The van der Waals surface area contributed by atoms with Gasteiger partial charge in [-0.05, 0) is 43.0 Å². The van der Waals surface area contributed by atoms with E-state index in [1.54, 1.807) is 17.9 Å². The third-order valence-corrected chi connectivity index (χ3v) is 6.64. The lowest BCUT2D eigenvalue weighted by molar-refractivity contribution is -0.118. The molecule has 144 valence electrons. The second kappa shape index (κ2) is 8.12. The third kappa shape index (κ3) is 4.42. The molecular formula is C20H23BrN2O3S. The SMILES string of the molecule is CCC(=O)N1CCc2cc(Br)cc(S(=O)(=O)NCCc3ccc(C)cc3)c21. The molecule has 2 aromatic carbocycles. The maximum atomic E-state index is 13.0. The Morgan fingerprint density at radius 2 is 1.93 bits per heavy atom. The smallest absolute Gasteiger partial charge is 0.242 e. The van der Waals surface area contributed by atoms with Crippen molar-refractivity contribution < 1.29 is 13.2 Å². The summed E-state index contributed by atoms with van der Waals surface area (Å²) in [5, 5.41) is 0. The van der Waals surface area contributed by atoms with Gasteiger partial charge in [0.2, 0.25) is 15.9 Å². The van der Waals surface area contributed by atoms with Crippen molar-refractivity contribution in [1.29, 1.82) is 0 Å². The lowest BCUT2D eigenvalue weighted by Gasteiger charge is -2.20. The molecule has 0 aromatic heterocycles. The Hall–Kier alpha value is -1.70. The van der Waals surface area contributed by atoms with E-state index < -0.39 is 10.0 Å². The van der Waals surface area contributed by atoms with Crippen molar-refractivity contribution in [3.8, 4) is 0 Å². The summed E-state index contributed by atoms with van der Waals surface area (Å²) in [4.78, 5) is 14.0. The van der Waals surface area contributed by atoms with Gasteiger partial charge in [0.25, 0.3) is 0 Å². The summed E-state index contributed by atoms with van der Waals surface area (Å²) in [5.41, 5.74) is 3.65. The van der Waals surface area contributed by atoms with Crippen LogP contribution < -0.4 is 9.62 Å². The second-order valence-corrected chi connectivity index (χ2v) is 9.35. The Bertz CT molecular complexity index is 956. The quantitative estimate of drug-likeness (QED) is 0.730. The number of amides is 1. The van der Waals surface area contributed by atoms with Crippen LogP contribution in [0.3, 0.4) is 0 Å². The Balaban J connectivity index is 1.84. The monoisotopic (exact) mass is 450 g/mol. The predicted octanol–water partition coefficient (Wildman–Crippen LogP) is 3.58. The van der Waals surface area contributed by atoms with E-state index in [0.29, 0.717) is 42.5 Å². The Morgan fingerprint density at radius 3 is 2.59 bits per heavy atom. The first kappa shape index (κ1) is 20.0. The molecule has 2 aromatic rings. The van der Waals surface area contributed by atoms with Crippen LogP contribution in [-0.2, 0) is 27.7 Å². The van der Waals surface area contributed by atoms with Crippen molar-refractivity contribution in [2.45, 2.75) is 38.0 Å². The van der Waals surface area contributed by atoms with Crippen LogP contribution >= 0.6 is 15.9 Å². The summed E-state index contributed by atoms with van der Waals surface area (Å²) in [6.07, 6.45) is 1.61. The van der Waals surface area contributed by atoms with Crippen molar-refractivity contribution in [1.82, 2.24) is 4.72 Å². The Labute approximate surface area is 169 Å². The number of halogens is 1. The fourth-order valence-electron chi connectivity index (χ4n) is 3.28. The number of sulfonamides is 1. The topological polar surface area (TPSA) is 66.5 Å². The van der Waals surface area contributed by atoms with Crippen LogP contribution in [0.1, 0.15) is 30.0 Å². The number of carbonyl (C=O) groups excluding carboxylic acids is 1. The number of hydrogen-bond donors (Lipinski definition) is 1. The highest BCUT2D eigenvalue weighted by atomic mass is 79.9. The maximum Gasteiger partial charge on any atom is 0.242 e. The summed E-state index contributed by atoms with van der Waals surface area (Å²) >= 11 is 3.40. The molecule has 1 N–H and O–H groups in total. The van der Waals surface area contributed by atoms with E-state index in [1.807, 2.05) is 37.3 Å². The number of aryl methyl sites for hydroxylation is 1. The minimum atomic E-state index is -3.73. The number of rotatable bonds is 6. The molecule has 0 saturated carbocycles. The molecule has 0 spiro atoms. The van der Waals surface area contributed by atoms with E-state index in [9.17, 15) is 13.2 Å². The highest BCUT2D eigenvalue weighted by Gasteiger charge is 2.31. The van der Waals surface area contributed by atoms with Crippen LogP contribution in [-0.4, -0.2) is 27.4 Å². The van der Waals surface area contributed by atoms with Crippen molar-refractivity contribution in [3.63, 3.8) is 0 Å². The number of fused-ring (bicyclic) bond motifs is 1. The summed E-state index contributed by atoms with van der Waals surface area (Å²) in [7, 11) is -3.73. The van der Waals surface area contributed by atoms with Gasteiger partial charge in [0.1, 0.15) is 4.90 Å². The lowest BCUT2D eigenvalue weighted by Crippen LogP contribution is -2.32. The zero-order chi connectivity index (χ0) is 19.6. The van der Waals surface area contributed by atoms with E-state index in [4.69, 9.17) is 0 Å². The van der Waals surface area contributed by atoms with Crippen LogP contribution in [0.15, 0.2) is 45.8 Å². The van der Waals surface area contributed by atoms with E-state index in [2.05, 4.69) is 20.7 Å². The normalized spacial score (nSPS) is 13.7. The van der Waals surface area contributed by atoms with Gasteiger partial charge in [0.15, 0.2) is 0 Å². The predicted molar refractivity (Wildman–Crippen MR) is 111 cm³/mol. The largest absolute Gasteiger partial charge is 0.310 e. The fourth-order valence-corrected chi connectivity index (χ4v) is 5.24. The molecule has 0 radical (unpaired) electrons. The van der Waals surface area contributed by atoms with Crippen molar-refractivity contribution in [3.05, 3.63) is 57.6 Å². The standard InChI is InChI=1S/C20H23BrN2O3S/c1-3-19(24)23-11-9-16-12-17(21)13-18(20(16)23)27(25,26)22-10-8-15-6-4-14(2)5-7-15/h4-7,12-13,22H,3,8-11H2,1-2H3. The highest BCUT2D eigenvalue weighted by Crippen LogP contribution is 2.37. The molecule has 3 rings (SSSR count). The van der Waals surface area contributed by atoms with Crippen molar-refractivity contribution >= 4 is 37.5 Å². The first-order valence-electron chi connectivity index (χ1n) is 9.00. The number of anilines is 1. The number of nitrogens with zero attached hydrogens (tertiary/aromatic N) is 1. The van der Waals surface area contributed by atoms with Crippen molar-refractivity contribution in [2.75, 3.05) is 18.0 Å². The molecule has 1 amide bonds. The summed E-state index contributed by atoms with van der Waals surface area (Å²) < 4.78 is 29.3. The number of nitrogens with one attached hydrogen (secondary N) is 1. The van der Waals surface area contributed by atoms with Gasteiger partial charge in [-0.2, -0.15) is 0 Å². The average Bonchev–Trinajstić information content (AvgIpc) is 3.05. The first-order valence-corrected chi connectivity index (χ1v) is 11.3. The van der Waals surface area contributed by atoms with Gasteiger partial charge < -0.3 is 4.90 Å². The highest BCUT2D eigenvalue weighted by molar-refractivity contribution is 9.10. The minimum Gasteiger partial charge on any atom is -0.310 e. The summed E-state index contributed by atoms with van der Waals surface area (Å²) in [6, 6.07) is 11.5. The maximum absolute atomic E-state index is 13.0. The van der Waals surface area contributed by atoms with Crippen LogP contribution in [0.4, 0.5) is 5.69 Å². The van der Waals surface area contributed by atoms with Gasteiger partial charge in [-0.25, -0.2) is 13.1 Å². The molecule has 1 aliphatic rings. The van der Waals surface area contributed by atoms with Gasteiger partial charge in [-0.3, -0.25) is 4.79 Å². The fraction of sp³-hybridized carbons (Fsp3) is 0.350. The van der Waals surface area contributed by atoms with E-state index in [-0.39, 0.29) is 10.8 Å². The van der Waals surface area contributed by atoms with Gasteiger partial charge in [0, 0.05) is 24.0 Å². The molecule has 5 nitrogen and oxygen atoms in total. The lowest BCUT2D eigenvalue weighted by atomic mass is 10.1. The van der Waals surface area contributed by atoms with E-state index in [1.165, 1.54) is 5.56 Å². The molecule has 27 heavy (non-hydrogen) atoms. The van der Waals surface area contributed by atoms with Gasteiger partial charge in [-0.1, -0.05) is 52.7 Å². The molecular weight excluding hydrogens is 428 g/mol. The number of benzene rings is 2. The molecule has 0 bridgehead atoms. The molecule has 0 saturated heterocycles. The summed E-state index contributed by atoms with van der Waals surface area (Å²) in [5.74, 6) is -0.0628. The zero-order valence-corrected chi connectivity index (χ0v) is 17.9. The molecule has 1 heterocycles. The average molecular weight is 451 g/mol. The molecule has 0 atom stereocenters. The van der Waals surface area contributed by atoms with Crippen LogP contribution in [0.2, 0.25) is 0 Å². The van der Waals surface area contributed by atoms with Gasteiger partial charge in [-0.15, -0.1) is 0 Å². The number of hydrogen-bond acceptors (Lipinski definition) is 3. The van der Waals surface area contributed by atoms with Gasteiger partial charge in [0.05, 0.1) is 5.69 Å². The third-order valence-electron chi connectivity index (χ3n) is 4.71. The van der Waals surface area contributed by atoms with Crippen molar-refractivity contribution in [2.24, 2.45) is 0 Å². The molecule has 0 fully saturated rings. The molecule has 0 unspecified atom stereocenters. The number of carbonyl (C=O) groups is 1. The second-order valence-electron chi connectivity index (χ2n) is 6.69. The Morgan fingerprint density at radius 1 is 1.22 bits per heavy atom. The Kier molecular flexibility index (Phi) is 6.03. The summed E-state index contributed by atoms with van der Waals surface area (Å²) in [6.45, 7) is 4.62. The van der Waals surface area contributed by atoms with Gasteiger partial charge >= 0.3 is 0 Å². The molecule has 1 aliphatic heterocycles. The molecule has 0 aliphatic carbocycles.